The minimum atomic E-state index is -0.316. The molecule has 5 heteroatoms. The lowest BCUT2D eigenvalue weighted by molar-refractivity contribution is 0.0515. The van der Waals surface area contributed by atoms with Crippen molar-refractivity contribution in [2.75, 3.05) is 19.5 Å². The van der Waals surface area contributed by atoms with Crippen LogP contribution in [-0.4, -0.2) is 19.7 Å². The SMILES string of the molecule is COc1ccc(CCOC(=O)c2cc(N)c(C)s2)cc1. The lowest BCUT2D eigenvalue weighted by Crippen LogP contribution is -2.06. The summed E-state index contributed by atoms with van der Waals surface area (Å²) in [6.45, 7) is 2.23. The lowest BCUT2D eigenvalue weighted by Gasteiger charge is -2.04. The number of nitrogen functional groups attached to an aromatic ring is 1. The average Bonchev–Trinajstić information content (AvgIpc) is 2.79. The number of carbonyl (C=O) groups is 1. The molecule has 0 saturated carbocycles. The molecular weight excluding hydrogens is 274 g/mol. The van der Waals surface area contributed by atoms with E-state index in [1.807, 2.05) is 31.2 Å². The highest BCUT2D eigenvalue weighted by atomic mass is 32.1. The molecule has 4 nitrogen and oxygen atoms in total. The van der Waals surface area contributed by atoms with Gasteiger partial charge in [-0.3, -0.25) is 0 Å². The summed E-state index contributed by atoms with van der Waals surface area (Å²) < 4.78 is 10.3. The number of carbonyl (C=O) groups excluding carboxylic acids is 1. The number of anilines is 1. The van der Waals surface area contributed by atoms with Crippen molar-refractivity contribution in [1.29, 1.82) is 0 Å². The quantitative estimate of drug-likeness (QED) is 0.860. The van der Waals surface area contributed by atoms with Gasteiger partial charge in [-0.05, 0) is 30.7 Å². The number of thiophene rings is 1. The van der Waals surface area contributed by atoms with Gasteiger partial charge >= 0.3 is 5.97 Å². The van der Waals surface area contributed by atoms with Crippen LogP contribution >= 0.6 is 11.3 Å². The first-order valence-corrected chi connectivity index (χ1v) is 7.07. The molecule has 0 spiro atoms. The van der Waals surface area contributed by atoms with E-state index < -0.39 is 0 Å². The maximum absolute atomic E-state index is 11.8. The number of rotatable bonds is 5. The maximum Gasteiger partial charge on any atom is 0.348 e. The molecule has 2 N–H and O–H groups in total. The van der Waals surface area contributed by atoms with Gasteiger partial charge in [-0.25, -0.2) is 4.79 Å². The van der Waals surface area contributed by atoms with E-state index in [9.17, 15) is 4.79 Å². The van der Waals surface area contributed by atoms with E-state index in [1.165, 1.54) is 11.3 Å². The Morgan fingerprint density at radius 2 is 2.00 bits per heavy atom. The number of benzene rings is 1. The molecule has 0 aliphatic heterocycles. The molecule has 0 atom stereocenters. The maximum atomic E-state index is 11.8. The van der Waals surface area contributed by atoms with E-state index in [1.54, 1.807) is 13.2 Å². The van der Waals surface area contributed by atoms with E-state index in [0.717, 1.165) is 16.2 Å². The fourth-order valence-electron chi connectivity index (χ4n) is 1.72. The van der Waals surface area contributed by atoms with E-state index in [0.29, 0.717) is 23.6 Å². The number of nitrogens with two attached hydrogens (primary N) is 1. The number of methoxy groups -OCH3 is 1. The average molecular weight is 291 g/mol. The summed E-state index contributed by atoms with van der Waals surface area (Å²) in [7, 11) is 1.63. The molecule has 0 bridgehead atoms. The van der Waals surface area contributed by atoms with Crippen LogP contribution in [0.1, 0.15) is 20.1 Å². The molecule has 0 fully saturated rings. The van der Waals surface area contributed by atoms with Gasteiger partial charge in [0.2, 0.25) is 0 Å². The van der Waals surface area contributed by atoms with Crippen LogP contribution in [0.5, 0.6) is 5.75 Å². The molecule has 1 heterocycles. The number of hydrogen-bond acceptors (Lipinski definition) is 5. The topological polar surface area (TPSA) is 61.5 Å². The molecule has 0 aliphatic rings. The second-order valence-electron chi connectivity index (χ2n) is 4.36. The Kier molecular flexibility index (Phi) is 4.63. The minimum absolute atomic E-state index is 0.316. The van der Waals surface area contributed by atoms with Gasteiger partial charge in [0.25, 0.3) is 0 Å². The Balaban J connectivity index is 1.84. The molecule has 0 aliphatic carbocycles. The Morgan fingerprint density at radius 3 is 2.55 bits per heavy atom. The zero-order chi connectivity index (χ0) is 14.5. The molecule has 0 radical (unpaired) electrons. The van der Waals surface area contributed by atoms with E-state index >= 15 is 0 Å². The predicted molar refractivity (Wildman–Crippen MR) is 80.4 cm³/mol. The second-order valence-corrected chi connectivity index (χ2v) is 5.61. The van der Waals surface area contributed by atoms with Crippen LogP contribution in [0.2, 0.25) is 0 Å². The highest BCUT2D eigenvalue weighted by Crippen LogP contribution is 2.24. The summed E-state index contributed by atoms with van der Waals surface area (Å²) in [5, 5.41) is 0. The van der Waals surface area contributed by atoms with Gasteiger partial charge in [-0.15, -0.1) is 11.3 Å². The Hall–Kier alpha value is -2.01. The van der Waals surface area contributed by atoms with E-state index in [-0.39, 0.29) is 5.97 Å². The van der Waals surface area contributed by atoms with Crippen molar-refractivity contribution < 1.29 is 14.3 Å². The standard InChI is InChI=1S/C15H17NO3S/c1-10-13(16)9-14(20-10)15(17)19-8-7-11-3-5-12(18-2)6-4-11/h3-6,9H,7-8,16H2,1-2H3. The first-order chi connectivity index (χ1) is 9.60. The molecule has 2 aromatic rings. The van der Waals surface area contributed by atoms with Crippen molar-refractivity contribution in [2.24, 2.45) is 0 Å². The molecule has 0 unspecified atom stereocenters. The molecule has 106 valence electrons. The van der Waals surface area contributed by atoms with Crippen molar-refractivity contribution in [3.63, 3.8) is 0 Å². The first-order valence-electron chi connectivity index (χ1n) is 6.26. The zero-order valence-electron chi connectivity index (χ0n) is 11.5. The van der Waals surface area contributed by atoms with Gasteiger partial charge in [-0.1, -0.05) is 12.1 Å². The van der Waals surface area contributed by atoms with Gasteiger partial charge in [0.1, 0.15) is 10.6 Å². The van der Waals surface area contributed by atoms with Crippen molar-refractivity contribution in [3.05, 3.63) is 45.6 Å². The number of esters is 1. The highest BCUT2D eigenvalue weighted by Gasteiger charge is 2.12. The fourth-order valence-corrected chi connectivity index (χ4v) is 2.56. The third-order valence-electron chi connectivity index (χ3n) is 2.94. The normalized spacial score (nSPS) is 10.3. The largest absolute Gasteiger partial charge is 0.497 e. The van der Waals surface area contributed by atoms with Gasteiger partial charge in [0.05, 0.1) is 13.7 Å². The molecule has 20 heavy (non-hydrogen) atoms. The van der Waals surface area contributed by atoms with Crippen LogP contribution in [0.25, 0.3) is 0 Å². The van der Waals surface area contributed by atoms with Crippen molar-refractivity contribution in [3.8, 4) is 5.75 Å². The highest BCUT2D eigenvalue weighted by molar-refractivity contribution is 7.14. The monoisotopic (exact) mass is 291 g/mol. The Labute approximate surface area is 122 Å². The van der Waals surface area contributed by atoms with Gasteiger partial charge in [0.15, 0.2) is 0 Å². The molecule has 0 saturated heterocycles. The van der Waals surface area contributed by atoms with Crippen LogP contribution in [-0.2, 0) is 11.2 Å². The summed E-state index contributed by atoms with van der Waals surface area (Å²) in [5.74, 6) is 0.499. The molecule has 0 amide bonds. The second kappa shape index (κ2) is 6.43. The predicted octanol–water partition coefficient (Wildman–Crippen LogP) is 3.05. The van der Waals surface area contributed by atoms with Crippen molar-refractivity contribution >= 4 is 23.0 Å². The van der Waals surface area contributed by atoms with Gasteiger partial charge in [-0.2, -0.15) is 0 Å². The van der Waals surface area contributed by atoms with Crippen LogP contribution in [0.15, 0.2) is 30.3 Å². The molecule has 1 aromatic carbocycles. The summed E-state index contributed by atoms with van der Waals surface area (Å²) in [5.41, 5.74) is 7.45. The molecule has 1 aromatic heterocycles. The van der Waals surface area contributed by atoms with Crippen LogP contribution in [0.4, 0.5) is 5.69 Å². The summed E-state index contributed by atoms with van der Waals surface area (Å²) >= 11 is 1.36. The summed E-state index contributed by atoms with van der Waals surface area (Å²) in [6.07, 6.45) is 0.676. The van der Waals surface area contributed by atoms with Crippen LogP contribution < -0.4 is 10.5 Å². The third kappa shape index (κ3) is 3.51. The number of hydrogen-bond donors (Lipinski definition) is 1. The minimum Gasteiger partial charge on any atom is -0.497 e. The first kappa shape index (κ1) is 14.4. The van der Waals surface area contributed by atoms with Crippen molar-refractivity contribution in [1.82, 2.24) is 0 Å². The Bertz CT molecular complexity index is 570. The van der Waals surface area contributed by atoms with E-state index in [2.05, 4.69) is 0 Å². The smallest absolute Gasteiger partial charge is 0.348 e. The van der Waals surface area contributed by atoms with E-state index in [4.69, 9.17) is 15.2 Å². The van der Waals surface area contributed by atoms with Gasteiger partial charge < -0.3 is 15.2 Å². The molecular formula is C15H17NO3S. The molecule has 2 rings (SSSR count). The fraction of sp³-hybridized carbons (Fsp3) is 0.267. The van der Waals surface area contributed by atoms with Crippen LogP contribution in [0, 0.1) is 6.92 Å². The Morgan fingerprint density at radius 1 is 1.30 bits per heavy atom. The van der Waals surface area contributed by atoms with Crippen LogP contribution in [0.3, 0.4) is 0 Å². The number of aryl methyl sites for hydroxylation is 1. The zero-order valence-corrected chi connectivity index (χ0v) is 12.3. The number of ether oxygens (including phenoxy) is 2. The summed E-state index contributed by atoms with van der Waals surface area (Å²) in [6, 6.07) is 9.36. The summed E-state index contributed by atoms with van der Waals surface area (Å²) in [4.78, 5) is 13.3. The lowest BCUT2D eigenvalue weighted by atomic mass is 10.1. The third-order valence-corrected chi connectivity index (χ3v) is 3.99. The van der Waals surface area contributed by atoms with Crippen molar-refractivity contribution in [2.45, 2.75) is 13.3 Å². The van der Waals surface area contributed by atoms with Gasteiger partial charge in [0, 0.05) is 17.0 Å².